The molecule has 0 heterocycles. The number of hydrogen-bond acceptors (Lipinski definition) is 4. The predicted octanol–water partition coefficient (Wildman–Crippen LogP) is 7.20. The van der Waals surface area contributed by atoms with Crippen LogP contribution in [0, 0.1) is 44.8 Å². The van der Waals surface area contributed by atoms with Crippen molar-refractivity contribution in [2.45, 2.75) is 119 Å². The number of esters is 1. The number of methoxy groups -OCH3 is 1. The van der Waals surface area contributed by atoms with Crippen LogP contribution in [0.3, 0.4) is 0 Å². The molecule has 0 aromatic heterocycles. The standard InChI is InChI=1S/C34H53NO4/c1-21(2)23-11-14-34(9)28(32(23,7)13-12-27(37)35-22(3)4)26(36)19-24-25-20-31(6,29(38)39-10)16-15-30(25,5)17-18-33(24,34)8/h19,22-23,25,28H,1,11-18,20H2,2-10H3,(H,35,37)/t23-,25-,28+,30+,31-,32-,33+,34+/m0/s1. The van der Waals surface area contributed by atoms with Gasteiger partial charge in [0.15, 0.2) is 5.78 Å². The van der Waals surface area contributed by atoms with Gasteiger partial charge in [0.25, 0.3) is 0 Å². The summed E-state index contributed by atoms with van der Waals surface area (Å²) >= 11 is 0. The Morgan fingerprint density at radius 2 is 1.72 bits per heavy atom. The molecule has 0 bridgehead atoms. The number of ether oxygens (including phenoxy) is 1. The predicted molar refractivity (Wildman–Crippen MR) is 156 cm³/mol. The van der Waals surface area contributed by atoms with Crippen molar-refractivity contribution in [1.29, 1.82) is 0 Å². The third kappa shape index (κ3) is 4.54. The van der Waals surface area contributed by atoms with Crippen LogP contribution in [-0.4, -0.2) is 30.8 Å². The lowest BCUT2D eigenvalue weighted by molar-refractivity contribution is -0.167. The first-order chi connectivity index (χ1) is 18.0. The van der Waals surface area contributed by atoms with Crippen molar-refractivity contribution < 1.29 is 19.1 Å². The molecule has 0 aliphatic heterocycles. The fraction of sp³-hybridized carbons (Fsp3) is 0.794. The average molecular weight is 540 g/mol. The molecular formula is C34H53NO4. The van der Waals surface area contributed by atoms with Gasteiger partial charge in [-0.05, 0) is 119 Å². The SMILES string of the molecule is C=C(C)[C@@H]1CC[C@]2(C)[C@H](C(=O)C=C3[C@@H]4C[C@@](C)(C(=O)OC)CC[C@]4(C)CC[C@]32C)[C@@]1(C)CCC(=O)NC(C)C. The van der Waals surface area contributed by atoms with Crippen LogP contribution < -0.4 is 5.32 Å². The number of carbonyl (C=O) groups excluding carboxylic acids is 3. The molecule has 4 aliphatic rings. The minimum absolute atomic E-state index is 0.0578. The highest BCUT2D eigenvalue weighted by atomic mass is 16.5. The molecule has 8 atom stereocenters. The molecule has 0 unspecified atom stereocenters. The van der Waals surface area contributed by atoms with E-state index in [1.807, 2.05) is 19.9 Å². The number of fused-ring (bicyclic) bond motifs is 5. The van der Waals surface area contributed by atoms with Crippen LogP contribution in [0.25, 0.3) is 0 Å². The zero-order valence-electron chi connectivity index (χ0n) is 26.1. The number of nitrogens with one attached hydrogen (secondary N) is 1. The summed E-state index contributed by atoms with van der Waals surface area (Å²) in [6, 6.07) is 0.0993. The van der Waals surface area contributed by atoms with Crippen molar-refractivity contribution in [1.82, 2.24) is 5.32 Å². The number of hydrogen-bond donors (Lipinski definition) is 1. The van der Waals surface area contributed by atoms with Gasteiger partial charge in [0.1, 0.15) is 0 Å². The van der Waals surface area contributed by atoms with Crippen molar-refractivity contribution in [3.63, 3.8) is 0 Å². The van der Waals surface area contributed by atoms with E-state index in [0.29, 0.717) is 12.8 Å². The third-order valence-corrected chi connectivity index (χ3v) is 12.5. The number of amides is 1. The van der Waals surface area contributed by atoms with E-state index in [4.69, 9.17) is 4.74 Å². The lowest BCUT2D eigenvalue weighted by Gasteiger charge is -2.68. The summed E-state index contributed by atoms with van der Waals surface area (Å²) in [4.78, 5) is 40.2. The van der Waals surface area contributed by atoms with Crippen molar-refractivity contribution >= 4 is 17.7 Å². The van der Waals surface area contributed by atoms with E-state index in [1.54, 1.807) is 0 Å². The second-order valence-corrected chi connectivity index (χ2v) is 15.3. The van der Waals surface area contributed by atoms with Crippen molar-refractivity contribution in [3.05, 3.63) is 23.8 Å². The van der Waals surface area contributed by atoms with Gasteiger partial charge in [-0.1, -0.05) is 45.4 Å². The quantitative estimate of drug-likeness (QED) is 0.286. The summed E-state index contributed by atoms with van der Waals surface area (Å²) in [6.45, 7) is 21.9. The van der Waals surface area contributed by atoms with Gasteiger partial charge < -0.3 is 10.1 Å². The summed E-state index contributed by atoms with van der Waals surface area (Å²) in [7, 11) is 1.49. The molecule has 218 valence electrons. The molecule has 4 aliphatic carbocycles. The van der Waals surface area contributed by atoms with Gasteiger partial charge in [0, 0.05) is 18.4 Å². The zero-order valence-corrected chi connectivity index (χ0v) is 26.1. The molecule has 0 aromatic rings. The van der Waals surface area contributed by atoms with E-state index in [-0.39, 0.29) is 63.1 Å². The third-order valence-electron chi connectivity index (χ3n) is 12.5. The average Bonchev–Trinajstić information content (AvgIpc) is 2.84. The van der Waals surface area contributed by atoms with Crippen LogP contribution in [0.4, 0.5) is 0 Å². The van der Waals surface area contributed by atoms with E-state index in [9.17, 15) is 14.4 Å². The summed E-state index contributed by atoms with van der Waals surface area (Å²) in [5.41, 5.74) is 1.28. The maximum atomic E-state index is 14.5. The molecule has 0 radical (unpaired) electrons. The Balaban J connectivity index is 1.79. The number of rotatable bonds is 6. The van der Waals surface area contributed by atoms with E-state index in [0.717, 1.165) is 50.5 Å². The molecule has 0 saturated heterocycles. The fourth-order valence-corrected chi connectivity index (χ4v) is 9.91. The molecule has 1 amide bonds. The van der Waals surface area contributed by atoms with Gasteiger partial charge in [-0.2, -0.15) is 0 Å². The molecule has 0 aromatic carbocycles. The van der Waals surface area contributed by atoms with Gasteiger partial charge in [0.05, 0.1) is 12.5 Å². The maximum Gasteiger partial charge on any atom is 0.311 e. The van der Waals surface area contributed by atoms with E-state index in [1.165, 1.54) is 12.7 Å². The van der Waals surface area contributed by atoms with Gasteiger partial charge in [-0.3, -0.25) is 14.4 Å². The highest BCUT2D eigenvalue weighted by Gasteiger charge is 2.68. The lowest BCUT2D eigenvalue weighted by atomic mass is 9.35. The van der Waals surface area contributed by atoms with Crippen LogP contribution in [0.15, 0.2) is 23.8 Å². The number of allylic oxidation sites excluding steroid dienone is 3. The first-order valence-corrected chi connectivity index (χ1v) is 15.3. The monoisotopic (exact) mass is 539 g/mol. The van der Waals surface area contributed by atoms with Gasteiger partial charge in [-0.25, -0.2) is 0 Å². The van der Waals surface area contributed by atoms with Gasteiger partial charge in [-0.15, -0.1) is 0 Å². The van der Waals surface area contributed by atoms with Gasteiger partial charge >= 0.3 is 5.97 Å². The molecule has 39 heavy (non-hydrogen) atoms. The van der Waals surface area contributed by atoms with Crippen LogP contribution in [0.5, 0.6) is 0 Å². The molecule has 3 fully saturated rings. The Bertz CT molecular complexity index is 1090. The van der Waals surface area contributed by atoms with Crippen LogP contribution in [0.1, 0.15) is 113 Å². The fourth-order valence-electron chi connectivity index (χ4n) is 9.91. The topological polar surface area (TPSA) is 72.5 Å². The highest BCUT2D eigenvalue weighted by Crippen LogP contribution is 2.73. The molecule has 5 nitrogen and oxygen atoms in total. The zero-order chi connectivity index (χ0) is 29.2. The molecular weight excluding hydrogens is 486 g/mol. The van der Waals surface area contributed by atoms with E-state index < -0.39 is 5.41 Å². The Morgan fingerprint density at radius 3 is 2.31 bits per heavy atom. The number of ketones is 1. The highest BCUT2D eigenvalue weighted by molar-refractivity contribution is 5.96. The van der Waals surface area contributed by atoms with Crippen molar-refractivity contribution in [2.24, 2.45) is 44.8 Å². The molecule has 1 N–H and O–H groups in total. The van der Waals surface area contributed by atoms with Gasteiger partial charge in [0.2, 0.25) is 5.91 Å². The number of carbonyl (C=O) groups is 3. The van der Waals surface area contributed by atoms with Crippen LogP contribution in [-0.2, 0) is 19.1 Å². The Morgan fingerprint density at radius 1 is 1.08 bits per heavy atom. The maximum absolute atomic E-state index is 14.5. The summed E-state index contributed by atoms with van der Waals surface area (Å²) < 4.78 is 5.26. The summed E-state index contributed by atoms with van der Waals surface area (Å²) in [5.74, 6) is 0.382. The molecule has 5 heteroatoms. The second-order valence-electron chi connectivity index (χ2n) is 15.3. The smallest absolute Gasteiger partial charge is 0.311 e. The molecule has 4 rings (SSSR count). The van der Waals surface area contributed by atoms with Crippen molar-refractivity contribution in [2.75, 3.05) is 7.11 Å². The van der Waals surface area contributed by atoms with E-state index >= 15 is 0 Å². The van der Waals surface area contributed by atoms with Crippen LogP contribution in [0.2, 0.25) is 0 Å². The van der Waals surface area contributed by atoms with Crippen LogP contribution >= 0.6 is 0 Å². The lowest BCUT2D eigenvalue weighted by Crippen LogP contribution is -2.63. The minimum atomic E-state index is -0.519. The Labute approximate surface area is 237 Å². The Kier molecular flexibility index (Phi) is 7.61. The molecule has 3 saturated carbocycles. The summed E-state index contributed by atoms with van der Waals surface area (Å²) in [5, 5.41) is 3.05. The normalized spacial score (nSPS) is 43.5. The minimum Gasteiger partial charge on any atom is -0.469 e. The van der Waals surface area contributed by atoms with Crippen molar-refractivity contribution in [3.8, 4) is 0 Å². The summed E-state index contributed by atoms with van der Waals surface area (Å²) in [6.07, 6.45) is 9.80. The second kappa shape index (κ2) is 9.87. The van der Waals surface area contributed by atoms with E-state index in [2.05, 4.69) is 53.4 Å². The first kappa shape index (κ1) is 30.1. The first-order valence-electron chi connectivity index (χ1n) is 15.3. The molecule has 0 spiro atoms. The Hall–Kier alpha value is -1.91. The largest absolute Gasteiger partial charge is 0.469 e.